The van der Waals surface area contributed by atoms with Gasteiger partial charge in [-0.3, -0.25) is 4.79 Å². The fraction of sp³-hybridized carbons (Fsp3) is 0.176. The summed E-state index contributed by atoms with van der Waals surface area (Å²) in [5.41, 5.74) is 0.939. The van der Waals surface area contributed by atoms with Gasteiger partial charge in [0, 0.05) is 28.4 Å². The summed E-state index contributed by atoms with van der Waals surface area (Å²) in [5.74, 6) is -1.17. The Kier molecular flexibility index (Phi) is 6.61. The van der Waals surface area contributed by atoms with Crippen molar-refractivity contribution in [3.63, 3.8) is 0 Å². The zero-order valence-corrected chi connectivity index (χ0v) is 14.3. The number of anilines is 1. The number of rotatable bonds is 6. The molecule has 7 heteroatoms. The van der Waals surface area contributed by atoms with E-state index in [0.717, 1.165) is 0 Å². The number of esters is 1. The molecule has 0 unspecified atom stereocenters. The molecule has 0 aliphatic heterocycles. The van der Waals surface area contributed by atoms with Crippen molar-refractivity contribution in [3.8, 4) is 0 Å². The summed E-state index contributed by atoms with van der Waals surface area (Å²) in [4.78, 5) is 24.3. The van der Waals surface area contributed by atoms with Gasteiger partial charge in [-0.15, -0.1) is 0 Å². The second kappa shape index (κ2) is 8.68. The van der Waals surface area contributed by atoms with Gasteiger partial charge in [-0.2, -0.15) is 0 Å². The van der Waals surface area contributed by atoms with Crippen LogP contribution < -0.4 is 5.32 Å². The Bertz CT molecular complexity index is 702. The Morgan fingerprint density at radius 3 is 2.29 bits per heavy atom. The maximum Gasteiger partial charge on any atom is 0.333 e. The van der Waals surface area contributed by atoms with Crippen LogP contribution in [0.25, 0.3) is 0 Å². The Hall–Kier alpha value is -2.08. The molecule has 2 aromatic rings. The number of nitrogens with one attached hydrogen (secondary N) is 1. The van der Waals surface area contributed by atoms with Crippen molar-refractivity contribution < 1.29 is 19.1 Å². The molecule has 0 aliphatic carbocycles. The molecule has 0 radical (unpaired) electrons. The average molecular weight is 368 g/mol. The molecule has 0 heterocycles. The molecule has 2 aromatic carbocycles. The van der Waals surface area contributed by atoms with E-state index in [9.17, 15) is 9.59 Å². The van der Waals surface area contributed by atoms with Crippen LogP contribution in [0, 0.1) is 0 Å². The van der Waals surface area contributed by atoms with Crippen LogP contribution in [0.4, 0.5) is 5.69 Å². The van der Waals surface area contributed by atoms with Gasteiger partial charge in [0.05, 0.1) is 0 Å². The van der Waals surface area contributed by atoms with Gasteiger partial charge in [0.2, 0.25) is 6.10 Å². The van der Waals surface area contributed by atoms with Crippen molar-refractivity contribution in [2.45, 2.75) is 6.10 Å². The van der Waals surface area contributed by atoms with Crippen LogP contribution >= 0.6 is 23.2 Å². The molecule has 0 aromatic heterocycles. The van der Waals surface area contributed by atoms with E-state index in [0.29, 0.717) is 21.3 Å². The first kappa shape index (κ1) is 18.3. The number of amides is 1. The first-order valence-corrected chi connectivity index (χ1v) is 7.75. The van der Waals surface area contributed by atoms with Gasteiger partial charge in [0.15, 0.2) is 0 Å². The lowest BCUT2D eigenvalue weighted by Crippen LogP contribution is -2.27. The lowest BCUT2D eigenvalue weighted by molar-refractivity contribution is -0.158. The molecule has 0 bridgehead atoms. The molecular weight excluding hydrogens is 353 g/mol. The number of carbonyl (C=O) groups excluding carboxylic acids is 2. The maximum atomic E-state index is 12.6. The highest BCUT2D eigenvalue weighted by Gasteiger charge is 2.25. The van der Waals surface area contributed by atoms with E-state index < -0.39 is 18.0 Å². The van der Waals surface area contributed by atoms with Crippen molar-refractivity contribution in [1.29, 1.82) is 0 Å². The van der Waals surface area contributed by atoms with E-state index in [1.807, 2.05) is 0 Å². The Balaban J connectivity index is 2.22. The molecule has 24 heavy (non-hydrogen) atoms. The quantitative estimate of drug-likeness (QED) is 0.787. The zero-order valence-electron chi connectivity index (χ0n) is 12.8. The van der Waals surface area contributed by atoms with Gasteiger partial charge in [0.25, 0.3) is 5.91 Å². The lowest BCUT2D eigenvalue weighted by atomic mass is 10.1. The topological polar surface area (TPSA) is 64.6 Å². The second-order valence-corrected chi connectivity index (χ2v) is 5.73. The third-order valence-electron chi connectivity index (χ3n) is 2.98. The standard InChI is InChI=1S/C17H15Cl2NO4/c1-23-10-15(21)24-16(11-5-3-2-4-6-11)17(22)20-14-8-12(18)7-13(19)9-14/h2-9,16H,10H2,1H3,(H,20,22)/t16-/m0/s1. The van der Waals surface area contributed by atoms with E-state index in [1.165, 1.54) is 7.11 Å². The fourth-order valence-electron chi connectivity index (χ4n) is 2.02. The summed E-state index contributed by atoms with van der Waals surface area (Å²) in [6.45, 7) is -0.250. The molecule has 0 saturated heterocycles. The van der Waals surface area contributed by atoms with Gasteiger partial charge in [-0.25, -0.2) is 4.79 Å². The first-order valence-electron chi connectivity index (χ1n) is 7.00. The van der Waals surface area contributed by atoms with Crippen molar-refractivity contribution in [3.05, 3.63) is 64.1 Å². The van der Waals surface area contributed by atoms with Crippen molar-refractivity contribution in [1.82, 2.24) is 0 Å². The van der Waals surface area contributed by atoms with Crippen LogP contribution in [0.1, 0.15) is 11.7 Å². The third kappa shape index (κ3) is 5.23. The number of halogens is 2. The number of hydrogen-bond acceptors (Lipinski definition) is 4. The van der Waals surface area contributed by atoms with E-state index >= 15 is 0 Å². The molecule has 1 atom stereocenters. The minimum Gasteiger partial charge on any atom is -0.446 e. The lowest BCUT2D eigenvalue weighted by Gasteiger charge is -2.18. The minimum absolute atomic E-state index is 0.250. The molecule has 5 nitrogen and oxygen atoms in total. The zero-order chi connectivity index (χ0) is 17.5. The Morgan fingerprint density at radius 1 is 1.08 bits per heavy atom. The third-order valence-corrected chi connectivity index (χ3v) is 3.42. The molecule has 1 N–H and O–H groups in total. The highest BCUT2D eigenvalue weighted by Crippen LogP contribution is 2.25. The molecule has 0 spiro atoms. The Morgan fingerprint density at radius 2 is 1.71 bits per heavy atom. The van der Waals surface area contributed by atoms with Crippen LogP contribution in [0.15, 0.2) is 48.5 Å². The summed E-state index contributed by atoms with van der Waals surface area (Å²) in [7, 11) is 1.37. The molecule has 0 fully saturated rings. The second-order valence-electron chi connectivity index (χ2n) is 4.86. The predicted molar refractivity (Wildman–Crippen MR) is 92.2 cm³/mol. The van der Waals surface area contributed by atoms with Crippen LogP contribution in [0.5, 0.6) is 0 Å². The summed E-state index contributed by atoms with van der Waals surface area (Å²) >= 11 is 11.8. The Labute approximate surface area is 149 Å². The normalized spacial score (nSPS) is 11.6. The molecule has 2 rings (SSSR count). The van der Waals surface area contributed by atoms with E-state index in [1.54, 1.807) is 48.5 Å². The monoisotopic (exact) mass is 367 g/mol. The fourth-order valence-corrected chi connectivity index (χ4v) is 2.54. The summed E-state index contributed by atoms with van der Waals surface area (Å²) < 4.78 is 9.96. The highest BCUT2D eigenvalue weighted by atomic mass is 35.5. The summed E-state index contributed by atoms with van der Waals surface area (Å²) in [6.07, 6.45) is -1.12. The number of hydrogen-bond donors (Lipinski definition) is 1. The molecule has 126 valence electrons. The summed E-state index contributed by atoms with van der Waals surface area (Å²) in [6, 6.07) is 13.3. The number of benzene rings is 2. The highest BCUT2D eigenvalue weighted by molar-refractivity contribution is 6.35. The summed E-state index contributed by atoms with van der Waals surface area (Å²) in [5, 5.41) is 3.40. The first-order chi connectivity index (χ1) is 11.5. The minimum atomic E-state index is -1.12. The number of methoxy groups -OCH3 is 1. The molecular formula is C17H15Cl2NO4. The van der Waals surface area contributed by atoms with Gasteiger partial charge in [-0.05, 0) is 18.2 Å². The van der Waals surface area contributed by atoms with E-state index in [2.05, 4.69) is 5.32 Å². The van der Waals surface area contributed by atoms with Crippen LogP contribution in [0.2, 0.25) is 10.0 Å². The van der Waals surface area contributed by atoms with Gasteiger partial charge in [-0.1, -0.05) is 53.5 Å². The van der Waals surface area contributed by atoms with Crippen molar-refractivity contribution in [2.24, 2.45) is 0 Å². The number of carbonyl (C=O) groups is 2. The average Bonchev–Trinajstić information content (AvgIpc) is 2.52. The van der Waals surface area contributed by atoms with E-state index in [4.69, 9.17) is 32.7 Å². The SMILES string of the molecule is COCC(=O)O[C@H](C(=O)Nc1cc(Cl)cc(Cl)c1)c1ccccc1. The number of ether oxygens (including phenoxy) is 2. The maximum absolute atomic E-state index is 12.6. The largest absolute Gasteiger partial charge is 0.446 e. The van der Waals surface area contributed by atoms with Gasteiger partial charge < -0.3 is 14.8 Å². The smallest absolute Gasteiger partial charge is 0.333 e. The molecule has 0 saturated carbocycles. The van der Waals surface area contributed by atoms with Crippen LogP contribution in [-0.4, -0.2) is 25.6 Å². The van der Waals surface area contributed by atoms with Crippen molar-refractivity contribution >= 4 is 40.8 Å². The molecule has 0 aliphatic rings. The molecule has 1 amide bonds. The van der Waals surface area contributed by atoms with Gasteiger partial charge >= 0.3 is 5.97 Å². The van der Waals surface area contributed by atoms with Crippen molar-refractivity contribution in [2.75, 3.05) is 19.0 Å². The van der Waals surface area contributed by atoms with Crippen LogP contribution in [0.3, 0.4) is 0 Å². The van der Waals surface area contributed by atoms with Crippen LogP contribution in [-0.2, 0) is 19.1 Å². The predicted octanol–water partition coefficient (Wildman–Crippen LogP) is 3.86. The van der Waals surface area contributed by atoms with Gasteiger partial charge in [0.1, 0.15) is 6.61 Å². The van der Waals surface area contributed by atoms with E-state index in [-0.39, 0.29) is 6.61 Å².